The third kappa shape index (κ3) is 6.77. The van der Waals surface area contributed by atoms with Gasteiger partial charge in [0.15, 0.2) is 11.9 Å². The Morgan fingerprint density at radius 1 is 1.30 bits per heavy atom. The number of halogens is 1. The van der Waals surface area contributed by atoms with Gasteiger partial charge in [0, 0.05) is 24.1 Å². The van der Waals surface area contributed by atoms with E-state index in [1.54, 1.807) is 20.8 Å². The molecule has 1 aromatic carbocycles. The van der Waals surface area contributed by atoms with Crippen LogP contribution in [-0.4, -0.2) is 33.8 Å². The highest BCUT2D eigenvalue weighted by molar-refractivity contribution is 9.09. The monoisotopic (exact) mass is 386 g/mol. The summed E-state index contributed by atoms with van der Waals surface area (Å²) in [6.45, 7) is 5.39. The van der Waals surface area contributed by atoms with Gasteiger partial charge in [-0.2, -0.15) is 0 Å². The predicted molar refractivity (Wildman–Crippen MR) is 88.8 cm³/mol. The van der Waals surface area contributed by atoms with Gasteiger partial charge >= 0.3 is 6.09 Å². The zero-order chi connectivity index (χ0) is 17.6. The van der Waals surface area contributed by atoms with E-state index >= 15 is 0 Å². The lowest BCUT2D eigenvalue weighted by molar-refractivity contribution is -0.384. The molecule has 1 atom stereocenters. The molecule has 23 heavy (non-hydrogen) atoms. The molecule has 0 saturated heterocycles. The summed E-state index contributed by atoms with van der Waals surface area (Å²) in [7, 11) is 0. The number of hydrogen-bond donors (Lipinski definition) is 1. The maximum Gasteiger partial charge on any atom is 0.408 e. The average Bonchev–Trinajstić information content (AvgIpc) is 2.44. The van der Waals surface area contributed by atoms with E-state index in [0.29, 0.717) is 5.56 Å². The summed E-state index contributed by atoms with van der Waals surface area (Å²) in [6, 6.07) is 5.77. The van der Waals surface area contributed by atoms with Crippen LogP contribution in [0.2, 0.25) is 0 Å². The third-order valence-corrected chi connectivity index (χ3v) is 3.34. The molecule has 1 amide bonds. The van der Waals surface area contributed by atoms with E-state index in [1.165, 1.54) is 24.3 Å². The van der Waals surface area contributed by atoms with Crippen LogP contribution < -0.4 is 5.32 Å². The van der Waals surface area contributed by atoms with E-state index in [-0.39, 0.29) is 23.2 Å². The van der Waals surface area contributed by atoms with E-state index in [4.69, 9.17) is 4.74 Å². The molecule has 1 unspecified atom stereocenters. The van der Waals surface area contributed by atoms with E-state index in [0.717, 1.165) is 0 Å². The van der Waals surface area contributed by atoms with Crippen molar-refractivity contribution in [2.75, 3.05) is 5.33 Å². The van der Waals surface area contributed by atoms with Gasteiger partial charge in [-0.25, -0.2) is 4.79 Å². The number of nitrogens with one attached hydrogen (secondary N) is 1. The lowest BCUT2D eigenvalue weighted by Gasteiger charge is -2.23. The fourth-order valence-electron chi connectivity index (χ4n) is 1.74. The zero-order valence-electron chi connectivity index (χ0n) is 13.2. The van der Waals surface area contributed by atoms with Crippen LogP contribution in [0.1, 0.15) is 26.3 Å². The summed E-state index contributed by atoms with van der Waals surface area (Å²) in [5.41, 5.74) is 0.147. The molecule has 7 nitrogen and oxygen atoms in total. The maximum absolute atomic E-state index is 11.9. The minimum absolute atomic E-state index is 0.0384. The fraction of sp³-hybridized carbons (Fsp3) is 0.467. The van der Waals surface area contributed by atoms with Gasteiger partial charge in [-0.05, 0) is 26.3 Å². The van der Waals surface area contributed by atoms with Crippen LogP contribution in [0.4, 0.5) is 10.5 Å². The van der Waals surface area contributed by atoms with Crippen LogP contribution >= 0.6 is 15.9 Å². The molecule has 0 aliphatic heterocycles. The second kappa shape index (κ2) is 8.05. The second-order valence-corrected chi connectivity index (χ2v) is 6.56. The molecular formula is C15H19BrN2O5. The van der Waals surface area contributed by atoms with Gasteiger partial charge in [0.1, 0.15) is 0 Å². The second-order valence-electron chi connectivity index (χ2n) is 6.00. The number of alkyl carbamates (subject to hydrolysis) is 1. The predicted octanol–water partition coefficient (Wildman–Crippen LogP) is 2.99. The molecule has 1 N–H and O–H groups in total. The number of benzene rings is 1. The normalized spacial score (nSPS) is 12.3. The molecule has 0 spiro atoms. The number of rotatable bonds is 6. The van der Waals surface area contributed by atoms with Crippen molar-refractivity contribution in [3.8, 4) is 0 Å². The van der Waals surface area contributed by atoms with Gasteiger partial charge in [-0.3, -0.25) is 14.9 Å². The van der Waals surface area contributed by atoms with Gasteiger partial charge < -0.3 is 10.1 Å². The Hall–Kier alpha value is -1.96. The highest BCUT2D eigenvalue weighted by Crippen LogP contribution is 2.15. The van der Waals surface area contributed by atoms with Crippen molar-refractivity contribution < 1.29 is 19.2 Å². The summed E-state index contributed by atoms with van der Waals surface area (Å²) < 4.78 is 5.20. The molecule has 8 heteroatoms. The molecule has 0 aromatic heterocycles. The number of nitrogens with zero attached hydrogens (tertiary/aromatic N) is 1. The lowest BCUT2D eigenvalue weighted by atomic mass is 10.1. The topological polar surface area (TPSA) is 98.5 Å². The summed E-state index contributed by atoms with van der Waals surface area (Å²) in [6.07, 6.45) is -1.49. The third-order valence-electron chi connectivity index (χ3n) is 2.79. The first kappa shape index (κ1) is 19.1. The first-order valence-electron chi connectivity index (χ1n) is 6.93. The number of carbonyl (C=O) groups excluding carboxylic acids is 2. The molecule has 0 saturated carbocycles. The van der Waals surface area contributed by atoms with Crippen molar-refractivity contribution >= 4 is 33.5 Å². The van der Waals surface area contributed by atoms with E-state index in [9.17, 15) is 19.7 Å². The van der Waals surface area contributed by atoms with Crippen molar-refractivity contribution in [1.82, 2.24) is 5.32 Å². The molecule has 0 aliphatic carbocycles. The van der Waals surface area contributed by atoms with Crippen molar-refractivity contribution in [3.05, 3.63) is 39.9 Å². The van der Waals surface area contributed by atoms with Crippen LogP contribution in [0.15, 0.2) is 24.3 Å². The Morgan fingerprint density at radius 2 is 1.87 bits per heavy atom. The van der Waals surface area contributed by atoms with Crippen LogP contribution in [0.5, 0.6) is 0 Å². The van der Waals surface area contributed by atoms with Gasteiger partial charge in [-0.15, -0.1) is 0 Å². The number of ether oxygens (including phenoxy) is 1. The van der Waals surface area contributed by atoms with Crippen molar-refractivity contribution in [2.45, 2.75) is 38.8 Å². The molecule has 1 aromatic rings. The van der Waals surface area contributed by atoms with E-state index < -0.39 is 22.7 Å². The molecule has 126 valence electrons. The van der Waals surface area contributed by atoms with Crippen molar-refractivity contribution in [2.24, 2.45) is 0 Å². The molecule has 0 aliphatic rings. The molecular weight excluding hydrogens is 368 g/mol. The van der Waals surface area contributed by atoms with E-state index in [2.05, 4.69) is 21.2 Å². The minimum Gasteiger partial charge on any atom is -0.438 e. The van der Waals surface area contributed by atoms with Gasteiger partial charge in [0.05, 0.1) is 10.3 Å². The molecule has 0 bridgehead atoms. The highest BCUT2D eigenvalue weighted by Gasteiger charge is 2.24. The highest BCUT2D eigenvalue weighted by atomic mass is 79.9. The number of carbonyl (C=O) groups is 2. The first-order valence-corrected chi connectivity index (χ1v) is 8.05. The number of nitro benzene ring substituents is 1. The number of nitro groups is 1. The number of hydrogen-bond acceptors (Lipinski definition) is 5. The lowest BCUT2D eigenvalue weighted by Crippen LogP contribution is -2.44. The van der Waals surface area contributed by atoms with Gasteiger partial charge in [0.2, 0.25) is 0 Å². The zero-order valence-corrected chi connectivity index (χ0v) is 14.8. The Balaban J connectivity index is 2.80. The molecule has 0 radical (unpaired) electrons. The van der Waals surface area contributed by atoms with Gasteiger partial charge in [0.25, 0.3) is 5.69 Å². The summed E-state index contributed by atoms with van der Waals surface area (Å²) >= 11 is 3.06. The molecule has 1 rings (SSSR count). The Morgan fingerprint density at radius 3 is 2.30 bits per heavy atom. The standard InChI is InChI=1S/C15H19BrN2O5/c1-15(2,3)17-14(20)23-13(12(19)9-16)8-10-4-6-11(7-5-10)18(21)22/h4-7,13H,8-9H2,1-3H3,(H,17,20). The number of ketones is 1. The SMILES string of the molecule is CC(C)(C)NC(=O)OC(Cc1ccc([N+](=O)[O-])cc1)C(=O)CBr. The summed E-state index contributed by atoms with van der Waals surface area (Å²) in [4.78, 5) is 33.9. The van der Waals surface area contributed by atoms with E-state index in [1.807, 2.05) is 0 Å². The molecule has 0 fully saturated rings. The quantitative estimate of drug-likeness (QED) is 0.460. The average molecular weight is 387 g/mol. The summed E-state index contributed by atoms with van der Waals surface area (Å²) in [5, 5.41) is 13.3. The number of non-ortho nitro benzene ring substituents is 1. The van der Waals surface area contributed by atoms with Crippen molar-refractivity contribution in [3.63, 3.8) is 0 Å². The van der Waals surface area contributed by atoms with Crippen LogP contribution in [0.3, 0.4) is 0 Å². The Bertz CT molecular complexity index is 581. The number of amides is 1. The largest absolute Gasteiger partial charge is 0.438 e. The Labute approximate surface area is 142 Å². The maximum atomic E-state index is 11.9. The van der Waals surface area contributed by atoms with Crippen LogP contribution in [0.25, 0.3) is 0 Å². The van der Waals surface area contributed by atoms with Crippen LogP contribution in [-0.2, 0) is 16.0 Å². The van der Waals surface area contributed by atoms with Gasteiger partial charge in [-0.1, -0.05) is 28.1 Å². The minimum atomic E-state index is -0.960. The number of alkyl halides is 1. The Kier molecular flexibility index (Phi) is 6.68. The fourth-order valence-corrected chi connectivity index (χ4v) is 2.10. The summed E-state index contributed by atoms with van der Waals surface area (Å²) in [5.74, 6) is -0.285. The smallest absolute Gasteiger partial charge is 0.408 e. The number of Topliss-reactive ketones (excluding diaryl/α,β-unsaturated/α-hetero) is 1. The van der Waals surface area contributed by atoms with Crippen LogP contribution in [0, 0.1) is 10.1 Å². The molecule has 0 heterocycles. The van der Waals surface area contributed by atoms with Crippen molar-refractivity contribution in [1.29, 1.82) is 0 Å². The first-order chi connectivity index (χ1) is 10.6.